The van der Waals surface area contributed by atoms with E-state index in [1.54, 1.807) is 17.6 Å². The third-order valence-electron chi connectivity index (χ3n) is 4.79. The molecule has 1 aliphatic rings. The fraction of sp³-hybridized carbons (Fsp3) is 0.263. The van der Waals surface area contributed by atoms with Gasteiger partial charge in [0.25, 0.3) is 0 Å². The number of nitriles is 1. The van der Waals surface area contributed by atoms with Crippen molar-refractivity contribution in [1.29, 1.82) is 5.26 Å². The van der Waals surface area contributed by atoms with Gasteiger partial charge in [-0.2, -0.15) is 9.57 Å². The van der Waals surface area contributed by atoms with Gasteiger partial charge >= 0.3 is 0 Å². The minimum absolute atomic E-state index is 0.106. The second-order valence-corrected chi connectivity index (χ2v) is 10.1. The normalized spacial score (nSPS) is 15.5. The van der Waals surface area contributed by atoms with E-state index in [1.807, 2.05) is 7.05 Å². The average Bonchev–Trinajstić information content (AvgIpc) is 3.23. The second kappa shape index (κ2) is 8.86. The molecule has 1 saturated heterocycles. The smallest absolute Gasteiger partial charge is 0.243 e. The van der Waals surface area contributed by atoms with Gasteiger partial charge in [-0.25, -0.2) is 23.4 Å². The van der Waals surface area contributed by atoms with Gasteiger partial charge in [-0.05, 0) is 31.3 Å². The van der Waals surface area contributed by atoms with Crippen LogP contribution in [0.5, 0.6) is 0 Å². The molecule has 1 N–H and O–H groups in total. The highest BCUT2D eigenvalue weighted by Gasteiger charge is 2.28. The number of halogens is 1. The van der Waals surface area contributed by atoms with Crippen LogP contribution in [-0.2, 0) is 10.0 Å². The van der Waals surface area contributed by atoms with Crippen LogP contribution in [0.2, 0.25) is 5.02 Å². The van der Waals surface area contributed by atoms with Crippen LogP contribution in [0, 0.1) is 11.3 Å². The van der Waals surface area contributed by atoms with E-state index in [0.717, 1.165) is 0 Å². The Balaban J connectivity index is 1.61. The van der Waals surface area contributed by atoms with Crippen molar-refractivity contribution < 1.29 is 8.42 Å². The predicted octanol–water partition coefficient (Wildman–Crippen LogP) is 2.80. The molecular weight excluding hydrogens is 458 g/mol. The Bertz CT molecular complexity index is 1250. The van der Waals surface area contributed by atoms with Crippen molar-refractivity contribution in [1.82, 2.24) is 24.2 Å². The van der Waals surface area contributed by atoms with Gasteiger partial charge in [-0.15, -0.1) is 11.3 Å². The second-order valence-electron chi connectivity index (χ2n) is 6.92. The first kappa shape index (κ1) is 21.6. The highest BCUT2D eigenvalue weighted by Crippen LogP contribution is 2.28. The zero-order chi connectivity index (χ0) is 22.0. The summed E-state index contributed by atoms with van der Waals surface area (Å²) in [4.78, 5) is 15.4. The van der Waals surface area contributed by atoms with E-state index < -0.39 is 10.0 Å². The lowest BCUT2D eigenvalue weighted by Crippen LogP contribution is -2.47. The number of anilines is 2. The van der Waals surface area contributed by atoms with Crippen LogP contribution in [0.1, 0.15) is 4.88 Å². The first-order valence-corrected chi connectivity index (χ1v) is 12.0. The Labute approximate surface area is 189 Å². The number of rotatable bonds is 5. The van der Waals surface area contributed by atoms with E-state index in [0.29, 0.717) is 48.1 Å². The number of thiazole rings is 1. The largest absolute Gasteiger partial charge is 0.324 e. The Morgan fingerprint density at radius 2 is 1.97 bits per heavy atom. The maximum atomic E-state index is 13.1. The van der Waals surface area contributed by atoms with Crippen molar-refractivity contribution in [3.05, 3.63) is 45.9 Å². The summed E-state index contributed by atoms with van der Waals surface area (Å²) in [5, 5.41) is 12.5. The highest BCUT2D eigenvalue weighted by atomic mass is 35.5. The van der Waals surface area contributed by atoms with Crippen LogP contribution >= 0.6 is 22.9 Å². The first-order valence-electron chi connectivity index (χ1n) is 9.30. The summed E-state index contributed by atoms with van der Waals surface area (Å²) < 4.78 is 27.6. The highest BCUT2D eigenvalue weighted by molar-refractivity contribution is 7.89. The van der Waals surface area contributed by atoms with E-state index in [1.165, 1.54) is 34.0 Å². The van der Waals surface area contributed by atoms with E-state index in [4.69, 9.17) is 11.6 Å². The number of nitrogens with one attached hydrogen (secondary N) is 1. The summed E-state index contributed by atoms with van der Waals surface area (Å²) in [6.45, 7) is 2.20. The molecule has 3 heterocycles. The molecule has 0 spiro atoms. The number of hydrogen-bond donors (Lipinski definition) is 1. The Hall–Kier alpha value is -2.62. The van der Waals surface area contributed by atoms with Gasteiger partial charge < -0.3 is 10.2 Å². The number of benzene rings is 1. The number of piperazine rings is 1. The predicted molar refractivity (Wildman–Crippen MR) is 119 cm³/mol. The summed E-state index contributed by atoms with van der Waals surface area (Å²) in [5.41, 5.74) is 2.98. The number of hydrogen-bond acceptors (Lipinski definition) is 9. The lowest BCUT2D eigenvalue weighted by atomic mass is 10.3. The quantitative estimate of drug-likeness (QED) is 0.599. The minimum Gasteiger partial charge on any atom is -0.324 e. The molecule has 1 fully saturated rings. The van der Waals surface area contributed by atoms with Gasteiger partial charge in [-0.3, -0.25) is 0 Å². The van der Waals surface area contributed by atoms with Crippen molar-refractivity contribution in [2.24, 2.45) is 0 Å². The van der Waals surface area contributed by atoms with Crippen molar-refractivity contribution in [2.45, 2.75) is 4.90 Å². The lowest BCUT2D eigenvalue weighted by molar-refractivity contribution is 0.222. The molecule has 4 rings (SSSR count). The van der Waals surface area contributed by atoms with Gasteiger partial charge in [0.2, 0.25) is 16.0 Å². The van der Waals surface area contributed by atoms with Crippen LogP contribution in [0.3, 0.4) is 0 Å². The number of nitrogens with zero attached hydrogens (tertiary/aromatic N) is 6. The number of likely N-dealkylation sites (N-methyl/N-ethyl adjacent to an activating group) is 1. The van der Waals surface area contributed by atoms with Gasteiger partial charge in [0.1, 0.15) is 16.6 Å². The van der Waals surface area contributed by atoms with Crippen molar-refractivity contribution in [3.8, 4) is 17.5 Å². The molecule has 0 unspecified atom stereocenters. The Morgan fingerprint density at radius 3 is 2.71 bits per heavy atom. The van der Waals surface area contributed by atoms with Crippen molar-refractivity contribution in [3.63, 3.8) is 0 Å². The van der Waals surface area contributed by atoms with Crippen LogP contribution in [0.4, 0.5) is 11.6 Å². The van der Waals surface area contributed by atoms with Crippen molar-refractivity contribution in [2.75, 3.05) is 38.5 Å². The first-order chi connectivity index (χ1) is 14.9. The molecule has 12 heteroatoms. The van der Waals surface area contributed by atoms with Crippen LogP contribution in [0.25, 0.3) is 11.4 Å². The Kier molecular flexibility index (Phi) is 6.17. The molecule has 3 aromatic rings. The van der Waals surface area contributed by atoms with E-state index in [-0.39, 0.29) is 15.9 Å². The zero-order valence-corrected chi connectivity index (χ0v) is 18.9. The molecule has 0 bridgehead atoms. The van der Waals surface area contributed by atoms with Crippen LogP contribution < -0.4 is 5.32 Å². The Morgan fingerprint density at radius 1 is 1.19 bits per heavy atom. The fourth-order valence-electron chi connectivity index (χ4n) is 3.15. The molecule has 160 valence electrons. The number of sulfonamides is 1. The molecule has 0 saturated carbocycles. The molecule has 1 aliphatic heterocycles. The van der Waals surface area contributed by atoms with Gasteiger partial charge in [-0.1, -0.05) is 11.6 Å². The van der Waals surface area contributed by atoms with E-state index >= 15 is 0 Å². The summed E-state index contributed by atoms with van der Waals surface area (Å²) in [6, 6.07) is 8.30. The van der Waals surface area contributed by atoms with Crippen LogP contribution in [0.15, 0.2) is 40.9 Å². The lowest BCUT2D eigenvalue weighted by Gasteiger charge is -2.31. The topological polar surface area (TPSA) is 115 Å². The van der Waals surface area contributed by atoms with Crippen LogP contribution in [-0.4, -0.2) is 65.8 Å². The molecule has 0 atom stereocenters. The number of aromatic nitrogens is 3. The molecule has 1 aromatic carbocycles. The molecular formula is C19H18ClN7O2S2. The molecule has 0 aliphatic carbocycles. The maximum Gasteiger partial charge on any atom is 0.243 e. The third kappa shape index (κ3) is 4.68. The molecule has 9 nitrogen and oxygen atoms in total. The van der Waals surface area contributed by atoms with Crippen molar-refractivity contribution >= 4 is 44.6 Å². The summed E-state index contributed by atoms with van der Waals surface area (Å²) in [6.07, 6.45) is 1.54. The summed E-state index contributed by atoms with van der Waals surface area (Å²) in [7, 11) is -1.72. The molecule has 0 radical (unpaired) electrons. The minimum atomic E-state index is -3.68. The summed E-state index contributed by atoms with van der Waals surface area (Å²) in [5.74, 6) is 0.236. The monoisotopic (exact) mass is 475 g/mol. The third-order valence-corrected chi connectivity index (χ3v) is 7.62. The molecule has 0 amide bonds. The zero-order valence-electron chi connectivity index (χ0n) is 16.5. The molecule has 31 heavy (non-hydrogen) atoms. The van der Waals surface area contributed by atoms with Gasteiger partial charge in [0.05, 0.1) is 16.1 Å². The van der Waals surface area contributed by atoms with Gasteiger partial charge in [0, 0.05) is 43.1 Å². The van der Waals surface area contributed by atoms with E-state index in [2.05, 4.69) is 31.2 Å². The maximum absolute atomic E-state index is 13.1. The average molecular weight is 476 g/mol. The fourth-order valence-corrected chi connectivity index (χ4v) is 5.53. The van der Waals surface area contributed by atoms with Gasteiger partial charge in [0.15, 0.2) is 0 Å². The van der Waals surface area contributed by atoms with E-state index in [9.17, 15) is 13.7 Å². The molecule has 2 aromatic heterocycles. The standard InChI is InChI=1S/C19H18ClN7O2S2/c1-26-4-6-27(7-5-26)31(28,29)15-9-13(20)8-14(10-15)24-19-22-3-2-16(25-19)18-17(11-21)30-12-23-18/h2-3,8-10,12H,4-7H2,1H3,(H,22,24,25). The SMILES string of the molecule is CN1CCN(S(=O)(=O)c2cc(Cl)cc(Nc3nccc(-c4ncsc4C#N)n3)c2)CC1. The summed E-state index contributed by atoms with van der Waals surface area (Å²) >= 11 is 7.45.